The largest absolute Gasteiger partial charge is 0.327 e. The lowest BCUT2D eigenvalue weighted by atomic mass is 10.1. The van der Waals surface area contributed by atoms with E-state index in [1.54, 1.807) is 18.2 Å². The average Bonchev–Trinajstić information content (AvgIpc) is 2.35. The molecule has 1 aromatic heterocycles. The molecule has 5 nitrogen and oxygen atoms in total. The second kappa shape index (κ2) is 5.27. The van der Waals surface area contributed by atoms with Crippen molar-refractivity contribution in [2.24, 2.45) is 0 Å². The van der Waals surface area contributed by atoms with E-state index in [0.29, 0.717) is 5.56 Å². The number of hydrogen-bond donors (Lipinski definition) is 2. The number of aryl methyl sites for hydroxylation is 1. The summed E-state index contributed by atoms with van der Waals surface area (Å²) in [5.74, 6) is -0.159. The first kappa shape index (κ1) is 13.4. The van der Waals surface area contributed by atoms with Crippen LogP contribution in [0.1, 0.15) is 11.1 Å². The van der Waals surface area contributed by atoms with E-state index < -0.39 is 15.6 Å². The van der Waals surface area contributed by atoms with E-state index in [2.05, 4.69) is 9.71 Å². The van der Waals surface area contributed by atoms with Gasteiger partial charge in [-0.15, -0.1) is 0 Å². The quantitative estimate of drug-likeness (QED) is 0.892. The topological polar surface area (TPSA) is 79.0 Å². The summed E-state index contributed by atoms with van der Waals surface area (Å²) in [5, 5.41) is 0. The van der Waals surface area contributed by atoms with Crippen LogP contribution in [-0.2, 0) is 15.8 Å². The van der Waals surface area contributed by atoms with Crippen molar-refractivity contribution in [2.45, 2.75) is 12.7 Å². The van der Waals surface area contributed by atoms with E-state index in [0.717, 1.165) is 5.56 Å². The molecule has 0 radical (unpaired) electrons. The number of benzene rings is 1. The highest BCUT2D eigenvalue weighted by Crippen LogP contribution is 2.12. The Morgan fingerprint density at radius 2 is 1.89 bits per heavy atom. The minimum Gasteiger partial charge on any atom is -0.327 e. The highest BCUT2D eigenvalue weighted by molar-refractivity contribution is 7.91. The van der Waals surface area contributed by atoms with E-state index in [1.165, 1.54) is 12.3 Å². The van der Waals surface area contributed by atoms with E-state index in [9.17, 15) is 13.2 Å². The number of hydrogen-bond acceptors (Lipinski definition) is 3. The van der Waals surface area contributed by atoms with Crippen molar-refractivity contribution < 1.29 is 8.42 Å². The van der Waals surface area contributed by atoms with Crippen LogP contribution in [-0.4, -0.2) is 13.4 Å². The van der Waals surface area contributed by atoms with Gasteiger partial charge in [-0.2, -0.15) is 0 Å². The molecule has 0 aliphatic carbocycles. The molecule has 2 aromatic rings. The molecule has 0 fully saturated rings. The Labute approximate surface area is 111 Å². The number of nitrogens with one attached hydrogen (secondary N) is 2. The molecule has 0 saturated heterocycles. The molecular formula is C13H14N2O3S. The molecule has 0 aliphatic heterocycles. The van der Waals surface area contributed by atoms with Gasteiger partial charge in [0.2, 0.25) is 10.0 Å². The van der Waals surface area contributed by atoms with Crippen LogP contribution in [0.2, 0.25) is 0 Å². The van der Waals surface area contributed by atoms with Crippen molar-refractivity contribution >= 4 is 15.7 Å². The summed E-state index contributed by atoms with van der Waals surface area (Å²) in [6.45, 7) is 1.85. The molecule has 0 saturated carbocycles. The smallest absolute Gasteiger partial charge is 0.272 e. The lowest BCUT2D eigenvalue weighted by molar-refractivity contribution is 0.600. The summed E-state index contributed by atoms with van der Waals surface area (Å²) < 4.78 is 26.3. The Balaban J connectivity index is 2.23. The molecule has 2 rings (SSSR count). The van der Waals surface area contributed by atoms with E-state index in [4.69, 9.17) is 0 Å². The molecule has 1 heterocycles. The monoisotopic (exact) mass is 278 g/mol. The molecule has 0 amide bonds. The maximum Gasteiger partial charge on any atom is 0.272 e. The second-order valence-corrected chi connectivity index (χ2v) is 5.92. The van der Waals surface area contributed by atoms with Crippen molar-refractivity contribution in [3.63, 3.8) is 0 Å². The summed E-state index contributed by atoms with van der Waals surface area (Å²) in [7, 11) is -3.60. The van der Waals surface area contributed by atoms with Crippen molar-refractivity contribution in [2.75, 3.05) is 4.72 Å². The van der Waals surface area contributed by atoms with Gasteiger partial charge in [-0.25, -0.2) is 8.42 Å². The number of rotatable bonds is 4. The first-order valence-corrected chi connectivity index (χ1v) is 7.36. The molecule has 0 atom stereocenters. The van der Waals surface area contributed by atoms with Crippen molar-refractivity contribution in [3.05, 3.63) is 64.1 Å². The molecule has 0 aliphatic rings. The van der Waals surface area contributed by atoms with Crippen LogP contribution in [0.15, 0.2) is 47.4 Å². The number of anilines is 1. The van der Waals surface area contributed by atoms with Gasteiger partial charge >= 0.3 is 0 Å². The molecule has 19 heavy (non-hydrogen) atoms. The predicted molar refractivity (Wildman–Crippen MR) is 74.5 cm³/mol. The zero-order valence-corrected chi connectivity index (χ0v) is 11.2. The first-order valence-electron chi connectivity index (χ1n) is 5.71. The van der Waals surface area contributed by atoms with Gasteiger partial charge in [0.05, 0.1) is 5.75 Å². The lowest BCUT2D eigenvalue weighted by Gasteiger charge is -2.08. The third-order valence-corrected chi connectivity index (χ3v) is 3.91. The molecule has 6 heteroatoms. The maximum absolute atomic E-state index is 12.0. The summed E-state index contributed by atoms with van der Waals surface area (Å²) in [6, 6.07) is 10.2. The Morgan fingerprint density at radius 1 is 1.16 bits per heavy atom. The molecule has 2 N–H and O–H groups in total. The van der Waals surface area contributed by atoms with Gasteiger partial charge < -0.3 is 4.98 Å². The van der Waals surface area contributed by atoms with Gasteiger partial charge in [0, 0.05) is 6.20 Å². The minimum atomic E-state index is -3.60. The Bertz CT molecular complexity index is 735. The highest BCUT2D eigenvalue weighted by atomic mass is 32.2. The van der Waals surface area contributed by atoms with Gasteiger partial charge in [-0.05, 0) is 30.2 Å². The standard InChI is InChI=1S/C13H14N2O3S/c1-10-5-2-3-6-11(10)9-19(17,18)15-12-7-4-8-14-13(12)16/h2-8,15H,9H2,1H3,(H,14,16). The van der Waals surface area contributed by atoms with E-state index in [1.807, 2.05) is 19.1 Å². The van der Waals surface area contributed by atoms with Crippen LogP contribution in [0.3, 0.4) is 0 Å². The molecule has 0 spiro atoms. The molecule has 0 unspecified atom stereocenters. The normalized spacial score (nSPS) is 11.2. The minimum absolute atomic E-state index is 0.0242. The summed E-state index contributed by atoms with van der Waals surface area (Å²) in [4.78, 5) is 13.8. The van der Waals surface area contributed by atoms with Crippen LogP contribution in [0.25, 0.3) is 0 Å². The SMILES string of the molecule is Cc1ccccc1CS(=O)(=O)Nc1ccc[nH]c1=O. The maximum atomic E-state index is 12.0. The van der Waals surface area contributed by atoms with Gasteiger partial charge in [0.25, 0.3) is 5.56 Å². The third-order valence-electron chi connectivity index (χ3n) is 2.69. The average molecular weight is 278 g/mol. The Kier molecular flexibility index (Phi) is 3.71. The Hall–Kier alpha value is -2.08. The zero-order chi connectivity index (χ0) is 13.9. The molecule has 0 bridgehead atoms. The molecular weight excluding hydrogens is 264 g/mol. The van der Waals surface area contributed by atoms with Crippen molar-refractivity contribution in [1.29, 1.82) is 0 Å². The van der Waals surface area contributed by atoms with Crippen LogP contribution in [0.5, 0.6) is 0 Å². The zero-order valence-electron chi connectivity index (χ0n) is 10.4. The summed E-state index contributed by atoms with van der Waals surface area (Å²) in [5.41, 5.74) is 1.17. The number of aromatic nitrogens is 1. The fourth-order valence-corrected chi connectivity index (χ4v) is 2.98. The van der Waals surface area contributed by atoms with Gasteiger partial charge in [-0.3, -0.25) is 9.52 Å². The number of H-pyrrole nitrogens is 1. The predicted octanol–water partition coefficient (Wildman–Crippen LogP) is 1.63. The summed E-state index contributed by atoms with van der Waals surface area (Å²) in [6.07, 6.45) is 1.45. The third kappa shape index (κ3) is 3.45. The number of sulfonamides is 1. The lowest BCUT2D eigenvalue weighted by Crippen LogP contribution is -2.21. The van der Waals surface area contributed by atoms with Crippen LogP contribution < -0.4 is 10.3 Å². The fourth-order valence-electron chi connectivity index (χ4n) is 1.68. The van der Waals surface area contributed by atoms with E-state index >= 15 is 0 Å². The Morgan fingerprint density at radius 3 is 2.58 bits per heavy atom. The number of aromatic amines is 1. The second-order valence-electron chi connectivity index (χ2n) is 4.20. The first-order chi connectivity index (χ1) is 8.98. The van der Waals surface area contributed by atoms with Gasteiger partial charge in [-0.1, -0.05) is 24.3 Å². The van der Waals surface area contributed by atoms with Gasteiger partial charge in [0.1, 0.15) is 5.69 Å². The van der Waals surface area contributed by atoms with Crippen molar-refractivity contribution in [1.82, 2.24) is 4.98 Å². The highest BCUT2D eigenvalue weighted by Gasteiger charge is 2.14. The van der Waals surface area contributed by atoms with Crippen LogP contribution in [0, 0.1) is 6.92 Å². The fraction of sp³-hybridized carbons (Fsp3) is 0.154. The molecule has 100 valence electrons. The van der Waals surface area contributed by atoms with Crippen LogP contribution in [0.4, 0.5) is 5.69 Å². The van der Waals surface area contributed by atoms with Crippen molar-refractivity contribution in [3.8, 4) is 0 Å². The van der Waals surface area contributed by atoms with Gasteiger partial charge in [0.15, 0.2) is 0 Å². The van der Waals surface area contributed by atoms with Crippen LogP contribution >= 0.6 is 0 Å². The molecule has 1 aromatic carbocycles. The number of pyridine rings is 1. The summed E-state index contributed by atoms with van der Waals surface area (Å²) >= 11 is 0. The van der Waals surface area contributed by atoms with E-state index in [-0.39, 0.29) is 11.4 Å².